The molecule has 0 saturated heterocycles. The van der Waals surface area contributed by atoms with E-state index in [1.54, 1.807) is 0 Å². The van der Waals surface area contributed by atoms with Crippen LogP contribution >= 0.6 is 0 Å². The normalized spacial score (nSPS) is 34.9. The first-order valence-electron chi connectivity index (χ1n) is 8.98. The van der Waals surface area contributed by atoms with Crippen molar-refractivity contribution in [1.29, 1.82) is 0 Å². The number of hydrogen-bond donors (Lipinski definition) is 1. The summed E-state index contributed by atoms with van der Waals surface area (Å²) in [6.07, 6.45) is 16.1. The van der Waals surface area contributed by atoms with Gasteiger partial charge in [0.25, 0.3) is 0 Å². The van der Waals surface area contributed by atoms with E-state index in [-0.39, 0.29) is 0 Å². The molecule has 0 heterocycles. The first kappa shape index (κ1) is 15.9. The molecule has 2 saturated carbocycles. The Balaban J connectivity index is 1.92. The maximum Gasteiger partial charge on any atom is 0.128 e. The van der Waals surface area contributed by atoms with Crippen molar-refractivity contribution in [3.63, 3.8) is 0 Å². The van der Waals surface area contributed by atoms with Gasteiger partial charge in [-0.1, -0.05) is 64.2 Å². The highest BCUT2D eigenvalue weighted by atomic mass is 16.3. The summed E-state index contributed by atoms with van der Waals surface area (Å²) in [6, 6.07) is 0. The largest absolute Gasteiger partial charge is 0.377 e. The molecular formula is C19H32O. The highest BCUT2D eigenvalue weighted by Crippen LogP contribution is 2.51. The van der Waals surface area contributed by atoms with Crippen molar-refractivity contribution in [2.75, 3.05) is 0 Å². The van der Waals surface area contributed by atoms with E-state index < -0.39 is 5.60 Å². The summed E-state index contributed by atoms with van der Waals surface area (Å²) >= 11 is 0. The predicted octanol–water partition coefficient (Wildman–Crippen LogP) is 5.07. The molecule has 2 fully saturated rings. The Kier molecular flexibility index (Phi) is 6.43. The molecule has 0 amide bonds. The quantitative estimate of drug-likeness (QED) is 0.551. The third-order valence-corrected chi connectivity index (χ3v) is 5.13. The van der Waals surface area contributed by atoms with E-state index >= 15 is 0 Å². The minimum Gasteiger partial charge on any atom is -0.377 e. The van der Waals surface area contributed by atoms with Gasteiger partial charge < -0.3 is 5.11 Å². The Morgan fingerprint density at radius 2 is 1.75 bits per heavy atom. The third-order valence-electron chi connectivity index (χ3n) is 5.13. The van der Waals surface area contributed by atoms with Crippen molar-refractivity contribution in [2.45, 2.75) is 96.0 Å². The highest BCUT2D eigenvalue weighted by Gasteiger charge is 2.50. The van der Waals surface area contributed by atoms with Gasteiger partial charge in [-0.25, -0.2) is 0 Å². The molecule has 2 rings (SSSR count). The van der Waals surface area contributed by atoms with Crippen LogP contribution in [0, 0.1) is 23.7 Å². The van der Waals surface area contributed by atoms with Crippen LogP contribution in [0.3, 0.4) is 0 Å². The Labute approximate surface area is 125 Å². The van der Waals surface area contributed by atoms with Gasteiger partial charge >= 0.3 is 0 Å². The van der Waals surface area contributed by atoms with Crippen molar-refractivity contribution in [1.82, 2.24) is 0 Å². The summed E-state index contributed by atoms with van der Waals surface area (Å²) in [7, 11) is 0. The van der Waals surface area contributed by atoms with Gasteiger partial charge in [-0.15, -0.1) is 5.92 Å². The zero-order valence-electron chi connectivity index (χ0n) is 13.3. The lowest BCUT2D eigenvalue weighted by molar-refractivity contribution is 0.0588. The van der Waals surface area contributed by atoms with Crippen molar-refractivity contribution in [3.8, 4) is 11.8 Å². The summed E-state index contributed by atoms with van der Waals surface area (Å²) < 4.78 is 0. The summed E-state index contributed by atoms with van der Waals surface area (Å²) in [6.45, 7) is 2.20. The van der Waals surface area contributed by atoms with Gasteiger partial charge in [0.2, 0.25) is 0 Å². The summed E-state index contributed by atoms with van der Waals surface area (Å²) in [5.74, 6) is 7.79. The fraction of sp³-hybridized carbons (Fsp3) is 0.895. The van der Waals surface area contributed by atoms with E-state index in [1.807, 2.05) is 0 Å². The van der Waals surface area contributed by atoms with E-state index in [1.165, 1.54) is 57.8 Å². The molecule has 1 heteroatoms. The van der Waals surface area contributed by atoms with Crippen molar-refractivity contribution < 1.29 is 5.11 Å². The van der Waals surface area contributed by atoms with Crippen LogP contribution in [0.4, 0.5) is 0 Å². The SMILES string of the molecule is CCCCC#C[C@]1(O)CCCCCCCCC[C@@H]2C[C@@H]21. The van der Waals surface area contributed by atoms with Crippen molar-refractivity contribution in [2.24, 2.45) is 11.8 Å². The summed E-state index contributed by atoms with van der Waals surface area (Å²) in [4.78, 5) is 0. The number of unbranched alkanes of at least 4 members (excludes halogenated alkanes) is 2. The summed E-state index contributed by atoms with van der Waals surface area (Å²) in [5, 5.41) is 11.0. The zero-order chi connectivity index (χ0) is 14.3. The Hall–Kier alpha value is -0.480. The van der Waals surface area contributed by atoms with Crippen LogP contribution in [0.15, 0.2) is 0 Å². The maximum atomic E-state index is 11.0. The minimum atomic E-state index is -0.655. The van der Waals surface area contributed by atoms with Crippen LogP contribution in [-0.4, -0.2) is 10.7 Å². The lowest BCUT2D eigenvalue weighted by Gasteiger charge is -2.23. The minimum absolute atomic E-state index is 0.482. The number of hydrogen-bond acceptors (Lipinski definition) is 1. The number of rotatable bonds is 2. The Morgan fingerprint density at radius 1 is 1.05 bits per heavy atom. The predicted molar refractivity (Wildman–Crippen MR) is 85.4 cm³/mol. The van der Waals surface area contributed by atoms with Gasteiger partial charge in [-0.2, -0.15) is 0 Å². The molecule has 0 aromatic carbocycles. The van der Waals surface area contributed by atoms with Gasteiger partial charge in [0, 0.05) is 12.3 Å². The van der Waals surface area contributed by atoms with Crippen molar-refractivity contribution >= 4 is 0 Å². The molecule has 0 aromatic heterocycles. The van der Waals surface area contributed by atoms with Crippen molar-refractivity contribution in [3.05, 3.63) is 0 Å². The van der Waals surface area contributed by atoms with Gasteiger partial charge in [0.05, 0.1) is 0 Å². The van der Waals surface area contributed by atoms with Gasteiger partial charge in [0.1, 0.15) is 5.60 Å². The maximum absolute atomic E-state index is 11.0. The average molecular weight is 276 g/mol. The molecule has 0 radical (unpaired) electrons. The molecule has 1 N–H and O–H groups in total. The molecule has 2 aliphatic rings. The van der Waals surface area contributed by atoms with E-state index in [9.17, 15) is 5.11 Å². The number of aliphatic hydroxyl groups is 1. The molecule has 114 valence electrons. The molecule has 0 aromatic rings. The molecule has 0 spiro atoms. The van der Waals surface area contributed by atoms with Crippen LogP contribution in [0.5, 0.6) is 0 Å². The van der Waals surface area contributed by atoms with Gasteiger partial charge in [-0.3, -0.25) is 0 Å². The molecule has 0 bridgehead atoms. The average Bonchev–Trinajstić information content (AvgIpc) is 3.21. The number of fused-ring (bicyclic) bond motifs is 1. The lowest BCUT2D eigenvalue weighted by Crippen LogP contribution is -2.30. The standard InChI is InChI=1S/C19H32O/c1-2-3-4-11-14-19(20)15-12-9-7-5-6-8-10-13-17-16-18(17)19/h17-18,20H,2-10,12-13,15-16H2,1H3/t17-,18+,19+/m1/s1. The first-order valence-corrected chi connectivity index (χ1v) is 8.98. The Bertz CT molecular complexity index is 337. The third kappa shape index (κ3) is 4.81. The fourth-order valence-corrected chi connectivity index (χ4v) is 3.66. The lowest BCUT2D eigenvalue weighted by atomic mass is 9.88. The second-order valence-electron chi connectivity index (χ2n) is 6.95. The summed E-state index contributed by atoms with van der Waals surface area (Å²) in [5.41, 5.74) is -0.655. The van der Waals surface area contributed by atoms with Crippen LogP contribution in [0.25, 0.3) is 0 Å². The van der Waals surface area contributed by atoms with Crippen LogP contribution in [0.1, 0.15) is 90.4 Å². The molecule has 2 aliphatic carbocycles. The fourth-order valence-electron chi connectivity index (χ4n) is 3.66. The molecule has 0 unspecified atom stereocenters. The van der Waals surface area contributed by atoms with E-state index in [2.05, 4.69) is 18.8 Å². The zero-order valence-corrected chi connectivity index (χ0v) is 13.3. The van der Waals surface area contributed by atoms with E-state index in [4.69, 9.17) is 0 Å². The first-order chi connectivity index (χ1) is 9.76. The second-order valence-corrected chi connectivity index (χ2v) is 6.95. The van der Waals surface area contributed by atoms with E-state index in [0.717, 1.165) is 31.6 Å². The smallest absolute Gasteiger partial charge is 0.128 e. The van der Waals surface area contributed by atoms with E-state index in [0.29, 0.717) is 5.92 Å². The van der Waals surface area contributed by atoms with Crippen LogP contribution < -0.4 is 0 Å². The topological polar surface area (TPSA) is 20.2 Å². The molecular weight excluding hydrogens is 244 g/mol. The van der Waals surface area contributed by atoms with Gasteiger partial charge in [-0.05, 0) is 31.6 Å². The van der Waals surface area contributed by atoms with Crippen LogP contribution in [-0.2, 0) is 0 Å². The molecule has 3 atom stereocenters. The highest BCUT2D eigenvalue weighted by molar-refractivity contribution is 5.20. The van der Waals surface area contributed by atoms with Crippen LogP contribution in [0.2, 0.25) is 0 Å². The molecule has 20 heavy (non-hydrogen) atoms. The molecule has 1 nitrogen and oxygen atoms in total. The van der Waals surface area contributed by atoms with Gasteiger partial charge in [0.15, 0.2) is 0 Å². The second kappa shape index (κ2) is 8.08. The Morgan fingerprint density at radius 3 is 2.50 bits per heavy atom. The monoisotopic (exact) mass is 276 g/mol. The molecule has 0 aliphatic heterocycles.